The maximum Gasteiger partial charge on any atom is 0.253 e. The van der Waals surface area contributed by atoms with E-state index in [1.807, 2.05) is 19.2 Å². The predicted octanol–water partition coefficient (Wildman–Crippen LogP) is 3.44. The molecule has 3 rings (SSSR count). The van der Waals surface area contributed by atoms with E-state index in [1.165, 1.54) is 0 Å². The Bertz CT molecular complexity index is 843. The van der Waals surface area contributed by atoms with Gasteiger partial charge < -0.3 is 9.88 Å². The third-order valence-corrected chi connectivity index (χ3v) is 3.87. The Labute approximate surface area is 147 Å². The molecule has 0 radical (unpaired) electrons. The van der Waals surface area contributed by atoms with Crippen LogP contribution < -0.4 is 5.32 Å². The van der Waals surface area contributed by atoms with Gasteiger partial charge in [-0.3, -0.25) is 9.78 Å². The third-order valence-electron chi connectivity index (χ3n) is 3.87. The van der Waals surface area contributed by atoms with E-state index in [2.05, 4.69) is 34.8 Å². The van der Waals surface area contributed by atoms with Crippen molar-refractivity contribution in [2.24, 2.45) is 7.05 Å². The molecule has 0 fully saturated rings. The van der Waals surface area contributed by atoms with Gasteiger partial charge >= 0.3 is 0 Å². The van der Waals surface area contributed by atoms with Crippen LogP contribution in [0.3, 0.4) is 0 Å². The number of aromatic nitrogens is 3. The van der Waals surface area contributed by atoms with E-state index in [0.717, 1.165) is 22.4 Å². The second-order valence-electron chi connectivity index (χ2n) is 5.93. The highest BCUT2D eigenvalue weighted by molar-refractivity contribution is 5.93. The van der Waals surface area contributed by atoms with Gasteiger partial charge in [0.25, 0.3) is 5.91 Å². The number of imidazole rings is 1. The summed E-state index contributed by atoms with van der Waals surface area (Å²) < 4.78 is 2.12. The standard InChI is InChI=1S/C18H20N4O.ClH/c1-12(2)17-21-15-9-13(6-7-16(15)22(17)3)10-20-18(23)14-5-4-8-19-11-14;/h4-9,11-12H,10H2,1-3H3,(H,20,23);1H. The molecular weight excluding hydrogens is 324 g/mol. The van der Waals surface area contributed by atoms with Crippen molar-refractivity contribution in [3.63, 3.8) is 0 Å². The number of aryl methyl sites for hydroxylation is 1. The van der Waals surface area contributed by atoms with Crippen molar-refractivity contribution in [3.8, 4) is 0 Å². The van der Waals surface area contributed by atoms with Crippen molar-refractivity contribution in [3.05, 3.63) is 59.7 Å². The van der Waals surface area contributed by atoms with Crippen molar-refractivity contribution in [2.75, 3.05) is 0 Å². The van der Waals surface area contributed by atoms with Gasteiger partial charge in [-0.15, -0.1) is 12.4 Å². The van der Waals surface area contributed by atoms with E-state index in [1.54, 1.807) is 24.5 Å². The Morgan fingerprint density at radius 1 is 1.29 bits per heavy atom. The summed E-state index contributed by atoms with van der Waals surface area (Å²) in [5, 5.41) is 2.91. The SMILES string of the molecule is CC(C)c1nc2cc(CNC(=O)c3cccnc3)ccc2n1C.Cl. The lowest BCUT2D eigenvalue weighted by molar-refractivity contribution is 0.0950. The van der Waals surface area contributed by atoms with E-state index in [9.17, 15) is 4.79 Å². The Morgan fingerprint density at radius 3 is 2.75 bits per heavy atom. The summed E-state index contributed by atoms with van der Waals surface area (Å²) in [6.07, 6.45) is 3.21. The molecule has 126 valence electrons. The fourth-order valence-corrected chi connectivity index (χ4v) is 2.67. The second kappa shape index (κ2) is 7.45. The number of fused-ring (bicyclic) bond motifs is 1. The maximum atomic E-state index is 12.1. The van der Waals surface area contributed by atoms with Crippen LogP contribution in [0.25, 0.3) is 11.0 Å². The smallest absolute Gasteiger partial charge is 0.253 e. The summed E-state index contributed by atoms with van der Waals surface area (Å²) in [5.74, 6) is 1.32. The number of hydrogen-bond donors (Lipinski definition) is 1. The van der Waals surface area contributed by atoms with Gasteiger partial charge in [-0.25, -0.2) is 4.98 Å². The van der Waals surface area contributed by atoms with Gasteiger partial charge in [0.15, 0.2) is 0 Å². The van der Waals surface area contributed by atoms with Crippen LogP contribution in [0, 0.1) is 0 Å². The molecule has 0 spiro atoms. The van der Waals surface area contributed by atoms with Gasteiger partial charge in [-0.1, -0.05) is 19.9 Å². The third kappa shape index (κ3) is 3.57. The Kier molecular flexibility index (Phi) is 5.57. The average Bonchev–Trinajstić information content (AvgIpc) is 2.90. The number of carbonyl (C=O) groups is 1. The van der Waals surface area contributed by atoms with Crippen molar-refractivity contribution in [1.29, 1.82) is 0 Å². The van der Waals surface area contributed by atoms with Crippen LogP contribution in [0.15, 0.2) is 42.7 Å². The lowest BCUT2D eigenvalue weighted by Gasteiger charge is -2.06. The molecule has 0 aliphatic heterocycles. The van der Waals surface area contributed by atoms with Crippen LogP contribution in [0.2, 0.25) is 0 Å². The molecule has 0 aliphatic rings. The maximum absolute atomic E-state index is 12.1. The van der Waals surface area contributed by atoms with Crippen molar-refractivity contribution < 1.29 is 4.79 Å². The first-order valence-electron chi connectivity index (χ1n) is 7.69. The molecule has 0 atom stereocenters. The monoisotopic (exact) mass is 344 g/mol. The predicted molar refractivity (Wildman–Crippen MR) is 97.5 cm³/mol. The Morgan fingerprint density at radius 2 is 2.08 bits per heavy atom. The number of hydrogen-bond acceptors (Lipinski definition) is 3. The number of halogens is 1. The number of rotatable bonds is 4. The first-order chi connectivity index (χ1) is 11.1. The van der Waals surface area contributed by atoms with Crippen LogP contribution in [-0.2, 0) is 13.6 Å². The molecule has 6 heteroatoms. The van der Waals surface area contributed by atoms with E-state index in [0.29, 0.717) is 18.0 Å². The van der Waals surface area contributed by atoms with E-state index in [-0.39, 0.29) is 18.3 Å². The first kappa shape index (κ1) is 17.9. The summed E-state index contributed by atoms with van der Waals surface area (Å²) in [5.41, 5.74) is 3.66. The van der Waals surface area contributed by atoms with Crippen LogP contribution in [0.5, 0.6) is 0 Å². The summed E-state index contributed by atoms with van der Waals surface area (Å²) >= 11 is 0. The molecule has 0 bridgehead atoms. The fourth-order valence-electron chi connectivity index (χ4n) is 2.67. The number of carbonyl (C=O) groups excluding carboxylic acids is 1. The van der Waals surface area contributed by atoms with Crippen LogP contribution in [0.1, 0.15) is 41.5 Å². The molecule has 0 aliphatic carbocycles. The zero-order valence-corrected chi connectivity index (χ0v) is 14.8. The molecule has 1 N–H and O–H groups in total. The summed E-state index contributed by atoms with van der Waals surface area (Å²) in [7, 11) is 2.04. The minimum absolute atomic E-state index is 0. The van der Waals surface area contributed by atoms with Crippen molar-refractivity contribution in [1.82, 2.24) is 19.9 Å². The number of amides is 1. The largest absolute Gasteiger partial charge is 0.348 e. The van der Waals surface area contributed by atoms with Gasteiger partial charge in [0.05, 0.1) is 16.6 Å². The number of nitrogens with one attached hydrogen (secondary N) is 1. The highest BCUT2D eigenvalue weighted by atomic mass is 35.5. The van der Waals surface area contributed by atoms with E-state index < -0.39 is 0 Å². The molecule has 5 nitrogen and oxygen atoms in total. The highest BCUT2D eigenvalue weighted by Crippen LogP contribution is 2.21. The molecular formula is C18H21ClN4O. The van der Waals surface area contributed by atoms with Gasteiger partial charge in [0.1, 0.15) is 5.82 Å². The zero-order valence-electron chi connectivity index (χ0n) is 14.0. The fraction of sp³-hybridized carbons (Fsp3) is 0.278. The molecule has 1 amide bonds. The quantitative estimate of drug-likeness (QED) is 0.788. The molecule has 3 aromatic rings. The lowest BCUT2D eigenvalue weighted by Crippen LogP contribution is -2.22. The minimum Gasteiger partial charge on any atom is -0.348 e. The molecule has 0 saturated heterocycles. The summed E-state index contributed by atoms with van der Waals surface area (Å²) in [4.78, 5) is 20.7. The summed E-state index contributed by atoms with van der Waals surface area (Å²) in [6, 6.07) is 9.61. The van der Waals surface area contributed by atoms with Crippen LogP contribution in [0.4, 0.5) is 0 Å². The average molecular weight is 345 g/mol. The lowest BCUT2D eigenvalue weighted by atomic mass is 10.2. The number of nitrogens with zero attached hydrogens (tertiary/aromatic N) is 3. The zero-order chi connectivity index (χ0) is 16.4. The number of pyridine rings is 1. The Hall–Kier alpha value is -2.40. The molecule has 0 unspecified atom stereocenters. The highest BCUT2D eigenvalue weighted by Gasteiger charge is 2.11. The topological polar surface area (TPSA) is 59.8 Å². The molecule has 2 aromatic heterocycles. The Balaban J connectivity index is 0.00000208. The van der Waals surface area contributed by atoms with Crippen molar-refractivity contribution >= 4 is 29.3 Å². The normalized spacial score (nSPS) is 10.7. The molecule has 24 heavy (non-hydrogen) atoms. The van der Waals surface area contributed by atoms with Crippen molar-refractivity contribution in [2.45, 2.75) is 26.3 Å². The van der Waals surface area contributed by atoms with E-state index in [4.69, 9.17) is 4.98 Å². The van der Waals surface area contributed by atoms with E-state index >= 15 is 0 Å². The van der Waals surface area contributed by atoms with Gasteiger partial charge in [-0.05, 0) is 29.8 Å². The van der Waals surface area contributed by atoms with Gasteiger partial charge in [0, 0.05) is 31.9 Å². The molecule has 2 heterocycles. The van der Waals surface area contributed by atoms with Gasteiger partial charge in [-0.2, -0.15) is 0 Å². The molecule has 0 saturated carbocycles. The molecule has 1 aromatic carbocycles. The van der Waals surface area contributed by atoms with Crippen LogP contribution in [-0.4, -0.2) is 20.4 Å². The van der Waals surface area contributed by atoms with Crippen LogP contribution >= 0.6 is 12.4 Å². The second-order valence-corrected chi connectivity index (χ2v) is 5.93. The first-order valence-corrected chi connectivity index (χ1v) is 7.69. The van der Waals surface area contributed by atoms with Gasteiger partial charge in [0.2, 0.25) is 0 Å². The number of benzene rings is 1. The minimum atomic E-state index is -0.123. The summed E-state index contributed by atoms with van der Waals surface area (Å²) in [6.45, 7) is 4.74.